The summed E-state index contributed by atoms with van der Waals surface area (Å²) in [4.78, 5) is 35.3. The van der Waals surface area contributed by atoms with Gasteiger partial charge in [-0.1, -0.05) is 6.07 Å². The third kappa shape index (κ3) is 3.30. The number of aliphatic carboxylic acids is 1. The molecule has 1 aromatic carbocycles. The summed E-state index contributed by atoms with van der Waals surface area (Å²) in [6, 6.07) is 4.84. The molecule has 1 unspecified atom stereocenters. The van der Waals surface area contributed by atoms with Crippen LogP contribution in [0.3, 0.4) is 0 Å². The molecule has 0 aliphatic heterocycles. The molecule has 1 atom stereocenters. The molecular weight excluding hydrogens is 376 g/mol. The van der Waals surface area contributed by atoms with Crippen molar-refractivity contribution in [1.82, 2.24) is 9.88 Å². The second-order valence-corrected chi connectivity index (χ2v) is 9.66. The van der Waals surface area contributed by atoms with Gasteiger partial charge in [-0.2, -0.15) is 0 Å². The van der Waals surface area contributed by atoms with E-state index in [1.165, 1.54) is 4.57 Å². The lowest BCUT2D eigenvalue weighted by Crippen LogP contribution is -2.66. The van der Waals surface area contributed by atoms with Crippen LogP contribution in [0.25, 0.3) is 11.1 Å². The average Bonchev–Trinajstić information content (AvgIpc) is 2.80. The van der Waals surface area contributed by atoms with Crippen molar-refractivity contribution >= 4 is 23.2 Å². The Balaban J connectivity index is 1.43. The largest absolute Gasteiger partial charge is 0.480 e. The number of nitrogens with one attached hydrogen (secondary N) is 1. The van der Waals surface area contributed by atoms with E-state index in [9.17, 15) is 19.5 Å². The highest BCUT2D eigenvalue weighted by Crippen LogP contribution is 2.75. The molecule has 1 aromatic heterocycles. The van der Waals surface area contributed by atoms with Crippen molar-refractivity contribution in [3.05, 3.63) is 34.3 Å². The summed E-state index contributed by atoms with van der Waals surface area (Å²) in [7, 11) is 1.68. The van der Waals surface area contributed by atoms with Crippen molar-refractivity contribution in [3.63, 3.8) is 0 Å². The Bertz CT molecular complexity index is 1040. The Labute approximate surface area is 167 Å². The molecule has 29 heavy (non-hydrogen) atoms. The number of benzene rings is 1. The Kier molecular flexibility index (Phi) is 4.12. The summed E-state index contributed by atoms with van der Waals surface area (Å²) in [6.45, 7) is 5.21. The van der Waals surface area contributed by atoms with E-state index in [0.29, 0.717) is 12.0 Å². The van der Waals surface area contributed by atoms with Gasteiger partial charge in [0.05, 0.1) is 5.52 Å². The molecule has 5 rings (SSSR count). The molecule has 1 heterocycles. The highest BCUT2D eigenvalue weighted by molar-refractivity contribution is 5.80. The third-order valence-corrected chi connectivity index (χ3v) is 6.17. The van der Waals surface area contributed by atoms with Crippen molar-refractivity contribution in [2.75, 3.05) is 0 Å². The van der Waals surface area contributed by atoms with Crippen molar-refractivity contribution in [2.45, 2.75) is 63.5 Å². The van der Waals surface area contributed by atoms with E-state index < -0.39 is 23.7 Å². The molecule has 156 valence electrons. The fraction of sp³-hybridized carbons (Fsp3) is 0.571. The van der Waals surface area contributed by atoms with Crippen LogP contribution in [-0.2, 0) is 22.0 Å². The van der Waals surface area contributed by atoms with Gasteiger partial charge in [-0.3, -0.25) is 4.57 Å². The number of aromatic nitrogens is 1. The van der Waals surface area contributed by atoms with Crippen LogP contribution in [0.1, 0.15) is 52.0 Å². The van der Waals surface area contributed by atoms with Crippen LogP contribution in [0.15, 0.2) is 27.4 Å². The molecule has 2 aromatic rings. The molecule has 3 saturated carbocycles. The SMILES string of the molecule is Cn1c(=O)oc2ccc(C34CC(CC(NC(=O)OC(C)(C)C)C(=O)O)(C3)C4)cc21. The summed E-state index contributed by atoms with van der Waals surface area (Å²) < 4.78 is 11.9. The van der Waals surface area contributed by atoms with Crippen LogP contribution in [0, 0.1) is 5.41 Å². The standard InChI is InChI=1S/C21H26N2O6/c1-19(2,3)29-17(26)22-13(16(24)25)8-20-9-21(10-20,11-20)12-5-6-15-14(7-12)23(4)18(27)28-15/h5-7,13H,8-11H2,1-4H3,(H,22,26)(H,24,25). The maximum absolute atomic E-state index is 12.0. The molecule has 8 heteroatoms. The molecular formula is C21H26N2O6. The van der Waals surface area contributed by atoms with Crippen LogP contribution < -0.4 is 11.1 Å². The van der Waals surface area contributed by atoms with Gasteiger partial charge in [-0.05, 0) is 75.0 Å². The fourth-order valence-electron chi connectivity index (χ4n) is 5.06. The first-order chi connectivity index (χ1) is 13.4. The number of carboxylic acids is 1. The van der Waals surface area contributed by atoms with Gasteiger partial charge >= 0.3 is 17.8 Å². The summed E-state index contributed by atoms with van der Waals surface area (Å²) in [5.74, 6) is -1.44. The topological polar surface area (TPSA) is 111 Å². The smallest absolute Gasteiger partial charge is 0.419 e. The number of hydrogen-bond acceptors (Lipinski definition) is 5. The Morgan fingerprint density at radius 1 is 1.31 bits per heavy atom. The van der Waals surface area contributed by atoms with Crippen LogP contribution in [-0.4, -0.2) is 33.4 Å². The number of carbonyl (C=O) groups excluding carboxylic acids is 1. The highest BCUT2D eigenvalue weighted by Gasteiger charge is 2.68. The number of carboxylic acid groups (broad SMARTS) is 1. The lowest BCUT2D eigenvalue weighted by atomic mass is 9.32. The predicted molar refractivity (Wildman–Crippen MR) is 105 cm³/mol. The van der Waals surface area contributed by atoms with E-state index in [-0.39, 0.29) is 16.6 Å². The van der Waals surface area contributed by atoms with Crippen LogP contribution in [0.2, 0.25) is 0 Å². The van der Waals surface area contributed by atoms with Crippen LogP contribution >= 0.6 is 0 Å². The Hall–Kier alpha value is -2.77. The minimum Gasteiger partial charge on any atom is -0.480 e. The minimum absolute atomic E-state index is 0.0243. The number of amides is 1. The zero-order valence-electron chi connectivity index (χ0n) is 17.1. The second-order valence-electron chi connectivity index (χ2n) is 9.66. The van der Waals surface area contributed by atoms with E-state index in [2.05, 4.69) is 5.32 Å². The first-order valence-electron chi connectivity index (χ1n) is 9.75. The number of oxazole rings is 1. The van der Waals surface area contributed by atoms with Gasteiger partial charge in [-0.25, -0.2) is 14.4 Å². The monoisotopic (exact) mass is 402 g/mol. The number of ether oxygens (including phenoxy) is 1. The number of alkyl carbamates (subject to hydrolysis) is 1. The molecule has 3 aliphatic rings. The Morgan fingerprint density at radius 2 is 1.97 bits per heavy atom. The molecule has 3 aliphatic carbocycles. The molecule has 8 nitrogen and oxygen atoms in total. The molecule has 2 bridgehead atoms. The lowest BCUT2D eigenvalue weighted by molar-refractivity contribution is -0.162. The van der Waals surface area contributed by atoms with E-state index in [1.807, 2.05) is 18.2 Å². The quantitative estimate of drug-likeness (QED) is 0.796. The van der Waals surface area contributed by atoms with Crippen molar-refractivity contribution in [1.29, 1.82) is 0 Å². The number of carbonyl (C=O) groups is 2. The minimum atomic E-state index is -1.05. The van der Waals surface area contributed by atoms with Crippen LogP contribution in [0.5, 0.6) is 0 Å². The summed E-state index contributed by atoms with van der Waals surface area (Å²) in [5.41, 5.74) is 1.75. The van der Waals surface area contributed by atoms with E-state index >= 15 is 0 Å². The lowest BCUT2D eigenvalue weighted by Gasteiger charge is -2.72. The molecule has 3 fully saturated rings. The van der Waals surface area contributed by atoms with Gasteiger partial charge in [0, 0.05) is 7.05 Å². The van der Waals surface area contributed by atoms with Crippen molar-refractivity contribution < 1.29 is 23.8 Å². The van der Waals surface area contributed by atoms with Gasteiger partial charge in [0.15, 0.2) is 5.58 Å². The summed E-state index contributed by atoms with van der Waals surface area (Å²) >= 11 is 0. The number of nitrogens with zero attached hydrogens (tertiary/aromatic N) is 1. The summed E-state index contributed by atoms with van der Waals surface area (Å²) in [6.07, 6.45) is 2.29. The van der Waals surface area contributed by atoms with Gasteiger partial charge in [0.25, 0.3) is 0 Å². The highest BCUT2D eigenvalue weighted by atomic mass is 16.6. The molecule has 0 radical (unpaired) electrons. The van der Waals surface area contributed by atoms with Crippen LogP contribution in [0.4, 0.5) is 4.79 Å². The van der Waals surface area contributed by atoms with E-state index in [1.54, 1.807) is 27.8 Å². The first-order valence-corrected chi connectivity index (χ1v) is 9.75. The Morgan fingerprint density at radius 3 is 2.55 bits per heavy atom. The van der Waals surface area contributed by atoms with E-state index in [4.69, 9.17) is 9.15 Å². The normalized spacial score (nSPS) is 26.3. The molecule has 0 saturated heterocycles. The molecule has 2 N–H and O–H groups in total. The number of aryl methyl sites for hydroxylation is 1. The maximum atomic E-state index is 12.0. The van der Waals surface area contributed by atoms with E-state index in [0.717, 1.165) is 30.3 Å². The molecule has 0 spiro atoms. The van der Waals surface area contributed by atoms with Crippen molar-refractivity contribution in [3.8, 4) is 0 Å². The third-order valence-electron chi connectivity index (χ3n) is 6.17. The zero-order valence-corrected chi connectivity index (χ0v) is 17.1. The molecule has 1 amide bonds. The average molecular weight is 402 g/mol. The second kappa shape index (κ2) is 6.11. The van der Waals surface area contributed by atoms with Gasteiger partial charge in [0.1, 0.15) is 11.6 Å². The van der Waals surface area contributed by atoms with Crippen molar-refractivity contribution in [2.24, 2.45) is 12.5 Å². The van der Waals surface area contributed by atoms with Gasteiger partial charge in [-0.15, -0.1) is 0 Å². The first kappa shape index (κ1) is 19.5. The number of rotatable bonds is 5. The van der Waals surface area contributed by atoms with Gasteiger partial charge in [0.2, 0.25) is 0 Å². The summed E-state index contributed by atoms with van der Waals surface area (Å²) in [5, 5.41) is 12.0. The maximum Gasteiger partial charge on any atom is 0.419 e. The fourth-order valence-corrected chi connectivity index (χ4v) is 5.06. The number of hydrogen-bond donors (Lipinski definition) is 2. The predicted octanol–water partition coefficient (Wildman–Crippen LogP) is 2.92. The van der Waals surface area contributed by atoms with Gasteiger partial charge < -0.3 is 19.6 Å². The number of fused-ring (bicyclic) bond motifs is 1. The zero-order chi connectivity index (χ0) is 21.2.